The molecule has 1 aromatic carbocycles. The Balaban J connectivity index is 1.51. The predicted octanol–water partition coefficient (Wildman–Crippen LogP) is 4.41. The van der Waals surface area contributed by atoms with Crippen LogP contribution in [0.3, 0.4) is 0 Å². The zero-order chi connectivity index (χ0) is 21.8. The summed E-state index contributed by atoms with van der Waals surface area (Å²) >= 11 is 0. The smallest absolute Gasteiger partial charge is 0.161 e. The summed E-state index contributed by atoms with van der Waals surface area (Å²) in [5.74, 6) is 1.22. The Kier molecular flexibility index (Phi) is 3.91. The molecule has 0 saturated carbocycles. The van der Waals surface area contributed by atoms with E-state index in [0.717, 1.165) is 33.6 Å². The van der Waals surface area contributed by atoms with E-state index in [1.54, 1.807) is 24.5 Å². The van der Waals surface area contributed by atoms with Crippen molar-refractivity contribution in [2.45, 2.75) is 6.92 Å². The summed E-state index contributed by atoms with van der Waals surface area (Å²) in [6, 6.07) is 10.2. The topological polar surface area (TPSA) is 101 Å². The van der Waals surface area contributed by atoms with Crippen LogP contribution in [0.1, 0.15) is 5.82 Å². The normalized spacial score (nSPS) is 11.6. The van der Waals surface area contributed by atoms with Crippen LogP contribution in [0.2, 0.25) is 0 Å². The second-order valence-corrected chi connectivity index (χ2v) is 7.59. The largest absolute Gasteiger partial charge is 0.331 e. The molecule has 0 aliphatic rings. The minimum Gasteiger partial charge on any atom is -0.331 e. The van der Waals surface area contributed by atoms with Crippen molar-refractivity contribution in [1.29, 1.82) is 0 Å². The molecule has 0 fully saturated rings. The third-order valence-corrected chi connectivity index (χ3v) is 5.70. The van der Waals surface area contributed by atoms with E-state index >= 15 is 0 Å². The number of H-pyrrole nitrogens is 2. The van der Waals surface area contributed by atoms with Crippen LogP contribution in [0.4, 0.5) is 4.39 Å². The van der Waals surface area contributed by atoms with Crippen LogP contribution in [0.5, 0.6) is 0 Å². The summed E-state index contributed by atoms with van der Waals surface area (Å²) in [5.41, 5.74) is 6.26. The van der Waals surface area contributed by atoms with Crippen molar-refractivity contribution in [1.82, 2.24) is 39.7 Å². The first-order valence-electron chi connectivity index (χ1n) is 10.0. The van der Waals surface area contributed by atoms with Crippen LogP contribution in [-0.4, -0.2) is 39.7 Å². The molecule has 6 rings (SSSR count). The third-order valence-electron chi connectivity index (χ3n) is 5.70. The predicted molar refractivity (Wildman–Crippen MR) is 119 cm³/mol. The van der Waals surface area contributed by atoms with Crippen molar-refractivity contribution in [2.24, 2.45) is 7.05 Å². The van der Waals surface area contributed by atoms with Gasteiger partial charge >= 0.3 is 0 Å². The molecule has 0 radical (unpaired) electrons. The lowest BCUT2D eigenvalue weighted by molar-refractivity contribution is 0.628. The van der Waals surface area contributed by atoms with Gasteiger partial charge in [-0.25, -0.2) is 24.3 Å². The van der Waals surface area contributed by atoms with E-state index in [1.165, 1.54) is 12.1 Å². The Morgan fingerprint density at radius 3 is 2.56 bits per heavy atom. The van der Waals surface area contributed by atoms with Gasteiger partial charge in [0.05, 0.1) is 17.3 Å². The van der Waals surface area contributed by atoms with Gasteiger partial charge in [0.25, 0.3) is 0 Å². The second kappa shape index (κ2) is 6.81. The number of nitrogens with zero attached hydrogens (tertiary/aromatic N) is 6. The number of aromatic amines is 2. The molecule has 9 heteroatoms. The average Bonchev–Trinajstić information content (AvgIpc) is 3.50. The maximum Gasteiger partial charge on any atom is 0.161 e. The fraction of sp³-hybridized carbons (Fsp3) is 0.0870. The van der Waals surface area contributed by atoms with Crippen LogP contribution in [-0.2, 0) is 7.05 Å². The lowest BCUT2D eigenvalue weighted by Crippen LogP contribution is -1.94. The molecular formula is C23H17FN8. The molecule has 0 aliphatic carbocycles. The minimum atomic E-state index is -0.281. The van der Waals surface area contributed by atoms with Crippen LogP contribution < -0.4 is 0 Å². The molecule has 5 heterocycles. The zero-order valence-corrected chi connectivity index (χ0v) is 17.3. The van der Waals surface area contributed by atoms with Crippen molar-refractivity contribution >= 4 is 22.2 Å². The molecule has 0 amide bonds. The van der Waals surface area contributed by atoms with Gasteiger partial charge in [-0.05, 0) is 36.8 Å². The highest BCUT2D eigenvalue weighted by Crippen LogP contribution is 2.31. The van der Waals surface area contributed by atoms with Crippen LogP contribution in [0, 0.1) is 12.7 Å². The second-order valence-electron chi connectivity index (χ2n) is 7.59. The monoisotopic (exact) mass is 424 g/mol. The molecule has 6 aromatic rings. The molecule has 5 aromatic heterocycles. The van der Waals surface area contributed by atoms with E-state index in [2.05, 4.69) is 30.1 Å². The number of halogens is 1. The number of pyridine rings is 2. The fourth-order valence-corrected chi connectivity index (χ4v) is 3.88. The molecule has 32 heavy (non-hydrogen) atoms. The van der Waals surface area contributed by atoms with E-state index in [4.69, 9.17) is 4.98 Å². The minimum absolute atomic E-state index is 0.281. The van der Waals surface area contributed by atoms with Gasteiger partial charge < -0.3 is 9.55 Å². The van der Waals surface area contributed by atoms with Gasteiger partial charge in [0.15, 0.2) is 17.1 Å². The van der Waals surface area contributed by atoms with Gasteiger partial charge in [0, 0.05) is 30.6 Å². The van der Waals surface area contributed by atoms with Crippen LogP contribution >= 0.6 is 0 Å². The number of benzene rings is 1. The standard InChI is InChI=1S/C23H17FN8/c1-12-26-11-18(32(12)2)14-9-17-20(30-31-21(17)27-10-14)23-28-19-16(7-8-25-22(19)29-23)13-3-5-15(24)6-4-13/h3-11H,1-2H3,(H,25,28,29)(H,27,30,31). The van der Waals surface area contributed by atoms with Crippen molar-refractivity contribution in [3.63, 3.8) is 0 Å². The van der Waals surface area contributed by atoms with Crippen molar-refractivity contribution < 1.29 is 4.39 Å². The van der Waals surface area contributed by atoms with E-state index in [0.29, 0.717) is 28.3 Å². The van der Waals surface area contributed by atoms with Crippen LogP contribution in [0.25, 0.3) is 56.1 Å². The number of aryl methyl sites for hydroxylation is 1. The van der Waals surface area contributed by atoms with Gasteiger partial charge in [-0.2, -0.15) is 5.10 Å². The number of nitrogens with one attached hydrogen (secondary N) is 2. The highest BCUT2D eigenvalue weighted by molar-refractivity contribution is 5.95. The Hall–Kier alpha value is -4.40. The highest BCUT2D eigenvalue weighted by Gasteiger charge is 2.17. The third kappa shape index (κ3) is 2.78. The summed E-state index contributed by atoms with van der Waals surface area (Å²) in [6.45, 7) is 1.96. The number of hydrogen-bond acceptors (Lipinski definition) is 5. The summed E-state index contributed by atoms with van der Waals surface area (Å²) in [7, 11) is 1.97. The van der Waals surface area contributed by atoms with E-state index in [9.17, 15) is 4.39 Å². The average molecular weight is 424 g/mol. The highest BCUT2D eigenvalue weighted by atomic mass is 19.1. The maximum atomic E-state index is 13.4. The van der Waals surface area contributed by atoms with Crippen molar-refractivity contribution in [3.8, 4) is 33.9 Å². The summed E-state index contributed by atoms with van der Waals surface area (Å²) < 4.78 is 15.4. The Morgan fingerprint density at radius 1 is 0.938 bits per heavy atom. The first kappa shape index (κ1) is 18.4. The van der Waals surface area contributed by atoms with E-state index < -0.39 is 0 Å². The number of imidazole rings is 2. The number of hydrogen-bond donors (Lipinski definition) is 2. The van der Waals surface area contributed by atoms with Gasteiger partial charge in [-0.1, -0.05) is 12.1 Å². The quantitative estimate of drug-likeness (QED) is 0.438. The molecule has 0 saturated heterocycles. The maximum absolute atomic E-state index is 13.4. The summed E-state index contributed by atoms with van der Waals surface area (Å²) in [4.78, 5) is 21.4. The summed E-state index contributed by atoms with van der Waals surface area (Å²) in [5, 5.41) is 8.27. The van der Waals surface area contributed by atoms with Crippen molar-refractivity contribution in [2.75, 3.05) is 0 Å². The lowest BCUT2D eigenvalue weighted by Gasteiger charge is -2.03. The lowest BCUT2D eigenvalue weighted by atomic mass is 10.1. The van der Waals surface area contributed by atoms with Gasteiger partial charge in [-0.15, -0.1) is 0 Å². The summed E-state index contributed by atoms with van der Waals surface area (Å²) in [6.07, 6.45) is 5.33. The fourth-order valence-electron chi connectivity index (χ4n) is 3.88. The number of fused-ring (bicyclic) bond motifs is 2. The SMILES string of the molecule is Cc1ncc(-c2cnc3[nH]nc(-c4nc5c(-c6ccc(F)cc6)ccnc5[nH]4)c3c2)n1C. The molecule has 0 unspecified atom stereocenters. The van der Waals surface area contributed by atoms with E-state index in [1.807, 2.05) is 36.9 Å². The Morgan fingerprint density at radius 2 is 1.78 bits per heavy atom. The van der Waals surface area contributed by atoms with Crippen LogP contribution in [0.15, 0.2) is 55.0 Å². The molecule has 0 atom stereocenters. The molecule has 0 aliphatic heterocycles. The molecule has 0 spiro atoms. The first-order valence-corrected chi connectivity index (χ1v) is 10.0. The zero-order valence-electron chi connectivity index (χ0n) is 17.3. The molecule has 8 nitrogen and oxygen atoms in total. The van der Waals surface area contributed by atoms with E-state index in [-0.39, 0.29) is 5.82 Å². The number of aromatic nitrogens is 8. The number of rotatable bonds is 3. The Bertz CT molecular complexity index is 1610. The van der Waals surface area contributed by atoms with Gasteiger partial charge in [-0.3, -0.25) is 5.10 Å². The van der Waals surface area contributed by atoms with Crippen molar-refractivity contribution in [3.05, 3.63) is 66.6 Å². The molecule has 0 bridgehead atoms. The molecule has 2 N–H and O–H groups in total. The Labute approximate surface area is 181 Å². The molecule has 156 valence electrons. The van der Waals surface area contributed by atoms with Gasteiger partial charge in [0.1, 0.15) is 22.9 Å². The first-order chi connectivity index (χ1) is 15.6. The van der Waals surface area contributed by atoms with Gasteiger partial charge in [0.2, 0.25) is 0 Å². The molecular weight excluding hydrogens is 407 g/mol.